The van der Waals surface area contributed by atoms with E-state index in [-0.39, 0.29) is 19.1 Å². The zero-order valence-electron chi connectivity index (χ0n) is 49.9. The number of likely N-dealkylation sites (N-methyl/N-ethyl adjacent to an activating group) is 1. The lowest BCUT2D eigenvalue weighted by atomic mass is 10.0. The minimum atomic E-state index is -4.32. The maximum Gasteiger partial charge on any atom is 0.472 e. The Hall–Kier alpha value is -0.760. The van der Waals surface area contributed by atoms with Crippen LogP contribution in [0.25, 0.3) is 0 Å². The van der Waals surface area contributed by atoms with Crippen LogP contribution in [0.4, 0.5) is 0 Å². The molecule has 0 aliphatic heterocycles. The molecule has 436 valence electrons. The average molecular weight is 1050 g/mol. The van der Waals surface area contributed by atoms with Crippen LogP contribution in [0.1, 0.15) is 341 Å². The third-order valence-electron chi connectivity index (χ3n) is 15.3. The van der Waals surface area contributed by atoms with Gasteiger partial charge in [0.05, 0.1) is 39.9 Å². The molecule has 0 radical (unpaired) electrons. The Balaban J connectivity index is 4.05. The number of hydrogen-bond acceptors (Lipinski definition) is 5. The molecule has 3 unspecified atom stereocenters. The zero-order valence-corrected chi connectivity index (χ0v) is 50.8. The molecule has 3 N–H and O–H groups in total. The summed E-state index contributed by atoms with van der Waals surface area (Å²) in [6.45, 7) is 4.95. The molecule has 0 aromatic carbocycles. The number of rotatable bonds is 61. The Morgan fingerprint density at radius 1 is 0.452 bits per heavy atom. The first-order valence-electron chi connectivity index (χ1n) is 32.6. The maximum absolute atomic E-state index is 13.0. The van der Waals surface area contributed by atoms with Gasteiger partial charge in [-0.25, -0.2) is 4.57 Å². The van der Waals surface area contributed by atoms with Crippen LogP contribution in [0.5, 0.6) is 0 Å². The lowest BCUT2D eigenvalue weighted by Crippen LogP contribution is -2.46. The van der Waals surface area contributed by atoms with Crippen molar-refractivity contribution in [2.75, 3.05) is 40.9 Å². The molecule has 0 saturated carbocycles. The summed E-state index contributed by atoms with van der Waals surface area (Å²) in [4.78, 5) is 23.4. The van der Waals surface area contributed by atoms with Gasteiger partial charge in [0.2, 0.25) is 5.91 Å². The highest BCUT2D eigenvalue weighted by atomic mass is 31.2. The van der Waals surface area contributed by atoms with Gasteiger partial charge in [-0.3, -0.25) is 13.8 Å². The Morgan fingerprint density at radius 2 is 0.740 bits per heavy atom. The van der Waals surface area contributed by atoms with E-state index in [2.05, 4.69) is 31.3 Å². The van der Waals surface area contributed by atoms with Gasteiger partial charge in [-0.15, -0.1) is 0 Å². The number of allylic oxidation sites excluding steroid dienone is 2. The molecule has 73 heavy (non-hydrogen) atoms. The van der Waals surface area contributed by atoms with Gasteiger partial charge in [-0.05, 0) is 38.5 Å². The molecule has 0 spiro atoms. The number of carbonyl (C=O) groups excluding carboxylic acids is 1. The van der Waals surface area contributed by atoms with Crippen LogP contribution in [-0.2, 0) is 18.4 Å². The van der Waals surface area contributed by atoms with E-state index in [4.69, 9.17) is 9.05 Å². The predicted molar refractivity (Wildman–Crippen MR) is 319 cm³/mol. The average Bonchev–Trinajstić information content (AvgIpc) is 3.35. The van der Waals surface area contributed by atoms with E-state index in [1.165, 1.54) is 276 Å². The molecule has 9 heteroatoms. The highest BCUT2D eigenvalue weighted by molar-refractivity contribution is 7.47. The van der Waals surface area contributed by atoms with E-state index in [9.17, 15) is 19.4 Å². The van der Waals surface area contributed by atoms with Crippen molar-refractivity contribution in [3.05, 3.63) is 12.2 Å². The van der Waals surface area contributed by atoms with Crippen molar-refractivity contribution in [1.82, 2.24) is 5.32 Å². The normalized spacial score (nSPS) is 13.8. The highest BCUT2D eigenvalue weighted by Gasteiger charge is 2.28. The largest absolute Gasteiger partial charge is 0.472 e. The first kappa shape index (κ1) is 72.2. The van der Waals surface area contributed by atoms with Crippen LogP contribution in [-0.4, -0.2) is 73.4 Å². The second-order valence-corrected chi connectivity index (χ2v) is 25.3. The summed E-state index contributed by atoms with van der Waals surface area (Å²) in [5.74, 6) is -0.137. The van der Waals surface area contributed by atoms with Crippen molar-refractivity contribution >= 4 is 13.7 Å². The fraction of sp³-hybridized carbons (Fsp3) is 0.953. The topological polar surface area (TPSA) is 105 Å². The molecule has 8 nitrogen and oxygen atoms in total. The van der Waals surface area contributed by atoms with Crippen LogP contribution >= 0.6 is 7.82 Å². The first-order valence-corrected chi connectivity index (χ1v) is 34.0. The van der Waals surface area contributed by atoms with Crippen LogP contribution in [0.3, 0.4) is 0 Å². The summed E-state index contributed by atoms with van der Waals surface area (Å²) in [5.41, 5.74) is 0. The summed E-state index contributed by atoms with van der Waals surface area (Å²) in [5, 5.41) is 14.1. The van der Waals surface area contributed by atoms with Gasteiger partial charge in [-0.1, -0.05) is 309 Å². The van der Waals surface area contributed by atoms with E-state index in [0.717, 1.165) is 38.5 Å². The van der Waals surface area contributed by atoms with Crippen LogP contribution in [0.15, 0.2) is 12.2 Å². The molecule has 0 fully saturated rings. The number of aliphatic hydroxyl groups excluding tert-OH is 1. The number of phosphoric acid groups is 1. The van der Waals surface area contributed by atoms with Crippen molar-refractivity contribution in [2.45, 2.75) is 353 Å². The van der Waals surface area contributed by atoms with Gasteiger partial charge in [0.25, 0.3) is 0 Å². The van der Waals surface area contributed by atoms with E-state index < -0.39 is 20.0 Å². The molecule has 3 atom stereocenters. The van der Waals surface area contributed by atoms with E-state index in [1.54, 1.807) is 0 Å². The number of nitrogens with one attached hydrogen (secondary N) is 1. The number of phosphoric ester groups is 1. The maximum atomic E-state index is 13.0. The van der Waals surface area contributed by atoms with Gasteiger partial charge in [0.1, 0.15) is 13.2 Å². The summed E-state index contributed by atoms with van der Waals surface area (Å²) < 4.78 is 23.9. The van der Waals surface area contributed by atoms with Crippen molar-refractivity contribution < 1.29 is 32.9 Å². The molecule has 0 rings (SSSR count). The van der Waals surface area contributed by atoms with Crippen molar-refractivity contribution in [2.24, 2.45) is 0 Å². The van der Waals surface area contributed by atoms with E-state index >= 15 is 0 Å². The number of hydrogen-bond donors (Lipinski definition) is 3. The summed E-state index contributed by atoms with van der Waals surface area (Å²) >= 11 is 0. The molecule has 0 aromatic heterocycles. The number of aliphatic hydroxyl groups is 1. The lowest BCUT2D eigenvalue weighted by Gasteiger charge is -2.26. The number of unbranched alkanes of at least 4 members (excludes halogenated alkanes) is 46. The Bertz CT molecular complexity index is 1200. The Morgan fingerprint density at radius 3 is 1.05 bits per heavy atom. The van der Waals surface area contributed by atoms with E-state index in [0.29, 0.717) is 23.9 Å². The number of amides is 1. The predicted octanol–water partition coefficient (Wildman–Crippen LogP) is 20.2. The smallest absolute Gasteiger partial charge is 0.391 e. The number of nitrogens with zero attached hydrogens (tertiary/aromatic N) is 1. The highest BCUT2D eigenvalue weighted by Crippen LogP contribution is 2.43. The van der Waals surface area contributed by atoms with Crippen molar-refractivity contribution in [3.63, 3.8) is 0 Å². The summed E-state index contributed by atoms with van der Waals surface area (Å²) in [7, 11) is 1.63. The standard InChI is InChI=1S/C64H129N2O6P/c1-6-8-10-12-14-16-18-20-22-24-26-28-30-31-32-33-34-35-36-38-40-42-44-46-48-50-52-54-56-58-64(68)65-62(61-72-73(69,70)71-60-59-66(3,4)5)63(67)57-55-53-51-49-47-45-43-41-39-37-29-27-25-23-21-19-17-15-13-11-9-7-2/h31-32,62-63,67H,6-30,33-61H2,1-5H3,(H-,65,68,69,70)/p+1/b32-31-. The van der Waals surface area contributed by atoms with Gasteiger partial charge >= 0.3 is 7.82 Å². The first-order chi connectivity index (χ1) is 35.5. The van der Waals surface area contributed by atoms with E-state index in [1.807, 2.05) is 21.1 Å². The Kier molecular flexibility index (Phi) is 55.4. The fourth-order valence-corrected chi connectivity index (χ4v) is 10.9. The molecule has 0 aliphatic carbocycles. The third kappa shape index (κ3) is 58.8. The minimum absolute atomic E-state index is 0.0777. The van der Waals surface area contributed by atoms with Gasteiger partial charge in [0, 0.05) is 6.42 Å². The summed E-state index contributed by atoms with van der Waals surface area (Å²) in [6.07, 6.45) is 70.1. The second kappa shape index (κ2) is 56.0. The van der Waals surface area contributed by atoms with Crippen LogP contribution < -0.4 is 5.32 Å². The Labute approximate surface area is 456 Å². The monoisotopic (exact) mass is 1050 g/mol. The van der Waals surface area contributed by atoms with Gasteiger partial charge in [-0.2, -0.15) is 0 Å². The number of quaternary nitrogens is 1. The van der Waals surface area contributed by atoms with Crippen LogP contribution in [0.2, 0.25) is 0 Å². The summed E-state index contributed by atoms with van der Waals surface area (Å²) in [6, 6.07) is -0.759. The molecule has 0 bridgehead atoms. The molecule has 0 aromatic rings. The SMILES string of the molecule is CCCCCCCCCCCCCC/C=C\CCCCCCCCCCCCCCCC(=O)NC(COP(=O)(O)OCC[N+](C)(C)C)C(O)CCCCCCCCCCCCCCCCCCCCCCCC. The lowest BCUT2D eigenvalue weighted by molar-refractivity contribution is -0.870. The molecule has 1 amide bonds. The second-order valence-electron chi connectivity index (χ2n) is 23.9. The fourth-order valence-electron chi connectivity index (χ4n) is 10.2. The molecule has 0 aliphatic rings. The molecule has 0 heterocycles. The number of carbonyl (C=O) groups is 1. The van der Waals surface area contributed by atoms with Crippen molar-refractivity contribution in [1.29, 1.82) is 0 Å². The third-order valence-corrected chi connectivity index (χ3v) is 16.2. The molecular formula is C64H130N2O6P+. The zero-order chi connectivity index (χ0) is 53.5. The molecule has 0 saturated heterocycles. The van der Waals surface area contributed by atoms with Gasteiger partial charge in [0.15, 0.2) is 0 Å². The van der Waals surface area contributed by atoms with Crippen molar-refractivity contribution in [3.8, 4) is 0 Å². The minimum Gasteiger partial charge on any atom is -0.391 e. The quantitative estimate of drug-likeness (QED) is 0.0243. The van der Waals surface area contributed by atoms with Gasteiger partial charge < -0.3 is 19.8 Å². The molecular weight excluding hydrogens is 924 g/mol. The van der Waals surface area contributed by atoms with Crippen LogP contribution in [0, 0.1) is 0 Å².